The van der Waals surface area contributed by atoms with E-state index in [1.165, 1.54) is 0 Å². The van der Waals surface area contributed by atoms with Crippen molar-refractivity contribution in [2.45, 2.75) is 25.2 Å². The number of fused-ring (bicyclic) bond motifs is 2. The van der Waals surface area contributed by atoms with Gasteiger partial charge in [-0.15, -0.1) is 0 Å². The molecule has 4 rings (SSSR count). The van der Waals surface area contributed by atoms with E-state index in [4.69, 9.17) is 32.7 Å². The second-order valence-corrected chi connectivity index (χ2v) is 6.79. The van der Waals surface area contributed by atoms with Gasteiger partial charge in [0.1, 0.15) is 5.75 Å². The lowest BCUT2D eigenvalue weighted by atomic mass is 9.84. The number of ether oxygens (including phenoxy) is 2. The van der Waals surface area contributed by atoms with E-state index in [0.29, 0.717) is 15.8 Å². The molecular formula is C18H17Cl2NO2. The van der Waals surface area contributed by atoms with Crippen molar-refractivity contribution in [1.29, 1.82) is 0 Å². The maximum Gasteiger partial charge on any atom is 0.205 e. The minimum atomic E-state index is -0.257. The highest BCUT2D eigenvalue weighted by atomic mass is 35.5. The fourth-order valence-electron chi connectivity index (χ4n) is 3.42. The third-order valence-electron chi connectivity index (χ3n) is 4.45. The van der Waals surface area contributed by atoms with Crippen molar-refractivity contribution < 1.29 is 9.47 Å². The van der Waals surface area contributed by atoms with E-state index in [0.717, 1.165) is 30.7 Å². The van der Waals surface area contributed by atoms with Gasteiger partial charge < -0.3 is 14.8 Å². The average molecular weight is 350 g/mol. The monoisotopic (exact) mass is 349 g/mol. The summed E-state index contributed by atoms with van der Waals surface area (Å²) in [6, 6.07) is 13.8. The fourth-order valence-corrected chi connectivity index (χ4v) is 4.01. The Bertz CT molecular complexity index is 708. The van der Waals surface area contributed by atoms with Crippen molar-refractivity contribution in [3.8, 4) is 5.75 Å². The molecule has 2 aromatic rings. The minimum Gasteiger partial charge on any atom is -0.464 e. The van der Waals surface area contributed by atoms with Gasteiger partial charge in [0, 0.05) is 22.2 Å². The van der Waals surface area contributed by atoms with Crippen LogP contribution in [0.3, 0.4) is 0 Å². The van der Waals surface area contributed by atoms with E-state index in [2.05, 4.69) is 17.4 Å². The Morgan fingerprint density at radius 3 is 2.74 bits per heavy atom. The molecule has 3 nitrogen and oxygen atoms in total. The van der Waals surface area contributed by atoms with Crippen LogP contribution in [-0.4, -0.2) is 12.9 Å². The van der Waals surface area contributed by atoms with Crippen molar-refractivity contribution in [3.05, 3.63) is 58.1 Å². The van der Waals surface area contributed by atoms with E-state index in [9.17, 15) is 0 Å². The van der Waals surface area contributed by atoms with Crippen molar-refractivity contribution in [2.24, 2.45) is 5.92 Å². The molecule has 2 heterocycles. The van der Waals surface area contributed by atoms with Crippen LogP contribution in [0, 0.1) is 5.92 Å². The van der Waals surface area contributed by atoms with Gasteiger partial charge in [0.2, 0.25) is 6.29 Å². The largest absolute Gasteiger partial charge is 0.464 e. The highest BCUT2D eigenvalue weighted by Crippen LogP contribution is 2.48. The molecule has 1 fully saturated rings. The summed E-state index contributed by atoms with van der Waals surface area (Å²) in [7, 11) is 0. The average Bonchev–Trinajstić information content (AvgIpc) is 2.55. The Hall–Kier alpha value is -1.42. The van der Waals surface area contributed by atoms with E-state index in [-0.39, 0.29) is 18.2 Å². The van der Waals surface area contributed by atoms with Gasteiger partial charge in [-0.2, -0.15) is 0 Å². The van der Waals surface area contributed by atoms with Crippen molar-refractivity contribution >= 4 is 28.9 Å². The quantitative estimate of drug-likeness (QED) is 0.798. The summed E-state index contributed by atoms with van der Waals surface area (Å²) in [6.45, 7) is 0.725. The van der Waals surface area contributed by atoms with Gasteiger partial charge in [0.15, 0.2) is 0 Å². The molecule has 0 aliphatic carbocycles. The number of rotatable bonds is 2. The van der Waals surface area contributed by atoms with Gasteiger partial charge in [-0.05, 0) is 37.1 Å². The normalized spacial score (nSPS) is 25.9. The lowest BCUT2D eigenvalue weighted by molar-refractivity contribution is -0.154. The number of halogens is 2. The first-order valence-electron chi connectivity index (χ1n) is 7.81. The van der Waals surface area contributed by atoms with Gasteiger partial charge in [-0.3, -0.25) is 0 Å². The molecule has 1 N–H and O–H groups in total. The molecule has 120 valence electrons. The molecule has 0 bridgehead atoms. The first kappa shape index (κ1) is 15.1. The number of para-hydroxylation sites is 1. The zero-order chi connectivity index (χ0) is 15.8. The highest BCUT2D eigenvalue weighted by Gasteiger charge is 2.42. The third-order valence-corrected chi connectivity index (χ3v) is 4.98. The SMILES string of the molecule is Clc1cc(Cl)c2c(c1)O[C@@H]1OCCCC1[C@H]2Nc1ccccc1. The summed E-state index contributed by atoms with van der Waals surface area (Å²) in [5.41, 5.74) is 2.02. The Kier molecular flexibility index (Phi) is 4.10. The fraction of sp³-hybridized carbons (Fsp3) is 0.333. The lowest BCUT2D eigenvalue weighted by Gasteiger charge is -2.42. The van der Waals surface area contributed by atoms with Crippen LogP contribution >= 0.6 is 23.2 Å². The maximum atomic E-state index is 6.49. The van der Waals surface area contributed by atoms with Crippen LogP contribution < -0.4 is 10.1 Å². The van der Waals surface area contributed by atoms with Crippen LogP contribution in [0.1, 0.15) is 24.4 Å². The van der Waals surface area contributed by atoms with E-state index >= 15 is 0 Å². The number of hydrogen-bond acceptors (Lipinski definition) is 3. The topological polar surface area (TPSA) is 30.5 Å². The molecule has 23 heavy (non-hydrogen) atoms. The van der Waals surface area contributed by atoms with Gasteiger partial charge in [0.25, 0.3) is 0 Å². The van der Waals surface area contributed by atoms with Crippen molar-refractivity contribution in [3.63, 3.8) is 0 Å². The van der Waals surface area contributed by atoms with Crippen LogP contribution in [0.4, 0.5) is 5.69 Å². The number of nitrogens with one attached hydrogen (secondary N) is 1. The molecule has 0 radical (unpaired) electrons. The first-order valence-corrected chi connectivity index (χ1v) is 8.57. The number of benzene rings is 2. The number of anilines is 1. The first-order chi connectivity index (χ1) is 11.2. The molecule has 1 saturated heterocycles. The summed E-state index contributed by atoms with van der Waals surface area (Å²) in [4.78, 5) is 0. The van der Waals surface area contributed by atoms with Crippen LogP contribution in [-0.2, 0) is 4.74 Å². The molecule has 2 aromatic carbocycles. The maximum absolute atomic E-state index is 6.49. The summed E-state index contributed by atoms with van der Waals surface area (Å²) < 4.78 is 11.9. The van der Waals surface area contributed by atoms with Crippen LogP contribution in [0.15, 0.2) is 42.5 Å². The highest BCUT2D eigenvalue weighted by molar-refractivity contribution is 6.35. The van der Waals surface area contributed by atoms with Crippen molar-refractivity contribution in [1.82, 2.24) is 0 Å². The molecule has 2 aliphatic heterocycles. The van der Waals surface area contributed by atoms with Crippen LogP contribution in [0.2, 0.25) is 10.0 Å². The molecule has 5 heteroatoms. The predicted molar refractivity (Wildman–Crippen MR) is 92.4 cm³/mol. The predicted octanol–water partition coefficient (Wildman–Crippen LogP) is 5.29. The zero-order valence-electron chi connectivity index (χ0n) is 12.5. The summed E-state index contributed by atoms with van der Waals surface area (Å²) in [5.74, 6) is 0.925. The van der Waals surface area contributed by atoms with Gasteiger partial charge in [-0.1, -0.05) is 41.4 Å². The molecule has 2 aliphatic rings. The van der Waals surface area contributed by atoms with E-state index in [1.807, 2.05) is 24.3 Å². The molecule has 1 unspecified atom stereocenters. The Morgan fingerprint density at radius 2 is 1.91 bits per heavy atom. The molecule has 0 saturated carbocycles. The zero-order valence-corrected chi connectivity index (χ0v) is 14.0. The van der Waals surface area contributed by atoms with Gasteiger partial charge >= 0.3 is 0 Å². The minimum absolute atomic E-state index is 0.0382. The van der Waals surface area contributed by atoms with Gasteiger partial charge in [0.05, 0.1) is 17.7 Å². The molecule has 0 spiro atoms. The van der Waals surface area contributed by atoms with E-state index < -0.39 is 0 Å². The molecule has 0 aromatic heterocycles. The Morgan fingerprint density at radius 1 is 1.09 bits per heavy atom. The molecule has 3 atom stereocenters. The Balaban J connectivity index is 1.77. The van der Waals surface area contributed by atoms with Gasteiger partial charge in [-0.25, -0.2) is 0 Å². The van der Waals surface area contributed by atoms with Crippen LogP contribution in [0.5, 0.6) is 5.75 Å². The lowest BCUT2D eigenvalue weighted by Crippen LogP contribution is -2.43. The van der Waals surface area contributed by atoms with E-state index in [1.54, 1.807) is 6.07 Å². The Labute approximate surface area is 145 Å². The summed E-state index contributed by atoms with van der Waals surface area (Å²) >= 11 is 12.6. The smallest absolute Gasteiger partial charge is 0.205 e. The summed E-state index contributed by atoms with van der Waals surface area (Å²) in [6.07, 6.45) is 1.80. The molecule has 0 amide bonds. The standard InChI is InChI=1S/C18H17Cl2NO2/c19-11-9-14(20)16-15(10-11)23-18-13(7-4-8-22-18)17(16)21-12-5-2-1-3-6-12/h1-3,5-6,9-10,13,17-18,21H,4,7-8H2/t13?,17-,18+/m1/s1. The molecular weight excluding hydrogens is 333 g/mol. The van der Waals surface area contributed by atoms with Crippen molar-refractivity contribution in [2.75, 3.05) is 11.9 Å². The van der Waals surface area contributed by atoms with Crippen LogP contribution in [0.25, 0.3) is 0 Å². The third kappa shape index (κ3) is 2.89. The number of hydrogen-bond donors (Lipinski definition) is 1. The second-order valence-electron chi connectivity index (χ2n) is 5.95. The second kappa shape index (κ2) is 6.23. The summed E-state index contributed by atoms with van der Waals surface area (Å²) in [5, 5.41) is 4.81.